The van der Waals surface area contributed by atoms with Crippen molar-refractivity contribution in [2.45, 2.75) is 16.2 Å². The lowest BCUT2D eigenvalue weighted by molar-refractivity contribution is -0.384. The average molecular weight is 684 g/mol. The third-order valence-electron chi connectivity index (χ3n) is 6.96. The van der Waals surface area contributed by atoms with Crippen LogP contribution in [0.3, 0.4) is 0 Å². The zero-order valence-corrected chi connectivity index (χ0v) is 24.9. The number of non-ortho nitro benzene ring substituents is 1. The number of aromatic nitrogens is 1. The quantitative estimate of drug-likeness (QED) is 0.109. The number of H-pyrrole nitrogens is 1. The Hall–Kier alpha value is -4.47. The van der Waals surface area contributed by atoms with Crippen LogP contribution in [0.5, 0.6) is 11.5 Å². The molecule has 4 aromatic rings. The Morgan fingerprint density at radius 3 is 2.49 bits per heavy atom. The predicted octanol–water partition coefficient (Wildman–Crippen LogP) is 4.63. The Morgan fingerprint density at radius 1 is 1.07 bits per heavy atom. The number of aromatic amines is 1. The molecule has 3 aromatic carbocycles. The summed E-state index contributed by atoms with van der Waals surface area (Å²) in [4.78, 5) is 67.4. The minimum atomic E-state index is -0.936. The molecule has 218 valence electrons. The van der Waals surface area contributed by atoms with E-state index in [0.29, 0.717) is 25.6 Å². The lowest BCUT2D eigenvalue weighted by Gasteiger charge is -2.31. The Balaban J connectivity index is 1.35. The lowest BCUT2D eigenvalue weighted by atomic mass is 9.82. The van der Waals surface area contributed by atoms with Gasteiger partial charge in [0.2, 0.25) is 11.8 Å². The van der Waals surface area contributed by atoms with Crippen molar-refractivity contribution >= 4 is 73.8 Å². The molecule has 3 N–H and O–H groups in total. The molecule has 1 fully saturated rings. The number of phenols is 1. The fourth-order valence-corrected chi connectivity index (χ4v) is 7.99. The molecule has 0 saturated carbocycles. The number of nitro benzene ring substituents is 1. The maximum Gasteiger partial charge on any atom is 0.305 e. The first-order chi connectivity index (χ1) is 20.6. The van der Waals surface area contributed by atoms with Crippen molar-refractivity contribution in [2.75, 3.05) is 16.8 Å². The zero-order valence-electron chi connectivity index (χ0n) is 21.7. The number of halogens is 1. The minimum Gasteiger partial charge on any atom is -0.508 e. The highest BCUT2D eigenvalue weighted by Crippen LogP contribution is 2.54. The third-order valence-corrected chi connectivity index (χ3v) is 9.85. The first-order valence-electron chi connectivity index (χ1n) is 12.6. The fraction of sp³-hybridized carbons (Fsp3) is 0.143. The monoisotopic (exact) mass is 682 g/mol. The van der Waals surface area contributed by atoms with Gasteiger partial charge in [-0.25, -0.2) is 4.90 Å². The van der Waals surface area contributed by atoms with Gasteiger partial charge in [-0.05, 0) is 54.6 Å². The van der Waals surface area contributed by atoms with Gasteiger partial charge in [0.1, 0.15) is 16.7 Å². The van der Waals surface area contributed by atoms with Gasteiger partial charge < -0.3 is 20.1 Å². The molecule has 0 spiro atoms. The van der Waals surface area contributed by atoms with E-state index in [1.54, 1.807) is 18.2 Å². The van der Waals surface area contributed by atoms with E-state index in [9.17, 15) is 34.4 Å². The van der Waals surface area contributed by atoms with E-state index in [2.05, 4.69) is 26.2 Å². The van der Waals surface area contributed by atoms with Gasteiger partial charge in [0.05, 0.1) is 21.6 Å². The molecule has 0 bridgehead atoms. The van der Waals surface area contributed by atoms with E-state index in [0.717, 1.165) is 28.0 Å². The number of nitrogens with zero attached hydrogens (tertiary/aromatic N) is 2. The van der Waals surface area contributed by atoms with Gasteiger partial charge in [0.25, 0.3) is 11.6 Å². The molecule has 2 aliphatic heterocycles. The summed E-state index contributed by atoms with van der Waals surface area (Å²) in [5.41, 5.74) is 0.962. The highest BCUT2D eigenvalue weighted by molar-refractivity contribution is 9.10. The maximum atomic E-state index is 14.0. The van der Waals surface area contributed by atoms with Crippen LogP contribution in [0.1, 0.15) is 16.4 Å². The molecule has 1 aromatic heterocycles. The number of nitrogens with one attached hydrogen (secondary N) is 2. The summed E-state index contributed by atoms with van der Waals surface area (Å²) in [6, 6.07) is 16.1. The smallest absolute Gasteiger partial charge is 0.305 e. The van der Waals surface area contributed by atoms with Crippen molar-refractivity contribution in [1.82, 2.24) is 4.98 Å². The van der Waals surface area contributed by atoms with Gasteiger partial charge in [0.15, 0.2) is 6.61 Å². The molecule has 15 heteroatoms. The second-order valence-electron chi connectivity index (χ2n) is 9.60. The van der Waals surface area contributed by atoms with Crippen LogP contribution in [0.2, 0.25) is 0 Å². The summed E-state index contributed by atoms with van der Waals surface area (Å²) < 4.78 is 6.58. The highest BCUT2D eigenvalue weighted by Gasteiger charge is 2.57. The molecule has 2 aliphatic rings. The number of ether oxygens (including phenoxy) is 1. The molecule has 3 heterocycles. The molecule has 3 amide bonds. The van der Waals surface area contributed by atoms with Crippen molar-refractivity contribution in [1.29, 1.82) is 0 Å². The van der Waals surface area contributed by atoms with E-state index in [4.69, 9.17) is 4.74 Å². The van der Waals surface area contributed by atoms with Crippen LogP contribution in [0, 0.1) is 16.0 Å². The summed E-state index contributed by atoms with van der Waals surface area (Å²) in [6.07, 6.45) is 0. The molecule has 3 atom stereocenters. The normalized spacial score (nSPS) is 19.1. The van der Waals surface area contributed by atoms with Crippen molar-refractivity contribution in [3.63, 3.8) is 0 Å². The second-order valence-corrected chi connectivity index (χ2v) is 12.7. The van der Waals surface area contributed by atoms with Crippen LogP contribution < -0.4 is 19.8 Å². The standard InChI is InChI=1S/C28H19BrN4O8S2/c29-13-1-10-19(41-12-20(35)30-14-2-8-17(34)9-3-14)18(11-13)21-22-24(42-25-23(21)43-28(38)31-25)27(37)32(26(22)36)15-4-6-16(7-5-15)33(39)40/h1-11,21-22,24,34H,12H2,(H,30,35)(H,31,38)/t21-,22-,24+/m0/s1. The van der Waals surface area contributed by atoms with Crippen molar-refractivity contribution in [3.05, 3.63) is 101 Å². The van der Waals surface area contributed by atoms with E-state index >= 15 is 0 Å². The predicted molar refractivity (Wildman–Crippen MR) is 162 cm³/mol. The number of phenolic OH excluding ortho intramolecular Hbond substituents is 1. The van der Waals surface area contributed by atoms with Crippen LogP contribution in [0.15, 0.2) is 81.0 Å². The zero-order chi connectivity index (χ0) is 30.4. The number of amides is 3. The number of hydrogen-bond donors (Lipinski definition) is 3. The summed E-state index contributed by atoms with van der Waals surface area (Å²) in [7, 11) is 0. The molecular weight excluding hydrogens is 664 g/mol. The average Bonchev–Trinajstić information content (AvgIpc) is 3.47. The van der Waals surface area contributed by atoms with Gasteiger partial charge in [0, 0.05) is 38.7 Å². The number of nitro groups is 1. The van der Waals surface area contributed by atoms with Crippen molar-refractivity contribution in [3.8, 4) is 11.5 Å². The topological polar surface area (TPSA) is 172 Å². The summed E-state index contributed by atoms with van der Waals surface area (Å²) in [5.74, 6) is -2.89. The number of benzene rings is 3. The first kappa shape index (κ1) is 28.6. The third kappa shape index (κ3) is 5.42. The number of rotatable bonds is 7. The SMILES string of the molecule is O=C(COc1ccc(Br)cc1[C@@H]1c2sc(=O)[nH]c2S[C@H]2C(=O)N(c3ccc([N+](=O)[O-])cc3)C(=O)[C@@H]12)Nc1ccc(O)cc1. The minimum absolute atomic E-state index is 0.0521. The number of thioether (sulfide) groups is 1. The summed E-state index contributed by atoms with van der Waals surface area (Å²) >= 11 is 5.49. The van der Waals surface area contributed by atoms with E-state index < -0.39 is 39.7 Å². The van der Waals surface area contributed by atoms with Crippen LogP contribution in [0.25, 0.3) is 0 Å². The number of imide groups is 1. The van der Waals surface area contributed by atoms with Crippen LogP contribution in [0.4, 0.5) is 17.1 Å². The second kappa shape index (κ2) is 11.3. The number of fused-ring (bicyclic) bond motifs is 2. The van der Waals surface area contributed by atoms with Gasteiger partial charge in [-0.1, -0.05) is 39.0 Å². The number of carbonyl (C=O) groups excluding carboxylic acids is 3. The lowest BCUT2D eigenvalue weighted by Crippen LogP contribution is -2.32. The number of carbonyl (C=O) groups is 3. The molecule has 1 saturated heterocycles. The van der Waals surface area contributed by atoms with E-state index in [-0.39, 0.29) is 34.4 Å². The summed E-state index contributed by atoms with van der Waals surface area (Å²) in [5, 5.41) is 22.8. The van der Waals surface area contributed by atoms with Crippen LogP contribution >= 0.6 is 39.0 Å². The summed E-state index contributed by atoms with van der Waals surface area (Å²) in [6.45, 7) is -0.386. The molecule has 0 radical (unpaired) electrons. The first-order valence-corrected chi connectivity index (χ1v) is 15.1. The van der Waals surface area contributed by atoms with Gasteiger partial charge in [-0.2, -0.15) is 0 Å². The van der Waals surface area contributed by atoms with Gasteiger partial charge >= 0.3 is 4.87 Å². The van der Waals surface area contributed by atoms with E-state index in [1.165, 1.54) is 48.5 Å². The molecule has 0 unspecified atom stereocenters. The molecular formula is C28H19BrN4O8S2. The van der Waals surface area contributed by atoms with Gasteiger partial charge in [-0.15, -0.1) is 0 Å². The van der Waals surface area contributed by atoms with Crippen molar-refractivity contribution in [2.24, 2.45) is 5.92 Å². The Labute approximate surface area is 259 Å². The van der Waals surface area contributed by atoms with Crippen LogP contribution in [-0.4, -0.2) is 44.6 Å². The fourth-order valence-electron chi connectivity index (χ4n) is 5.11. The molecule has 0 aliphatic carbocycles. The molecule has 43 heavy (non-hydrogen) atoms. The number of aromatic hydroxyl groups is 1. The van der Waals surface area contributed by atoms with Crippen LogP contribution in [-0.2, 0) is 14.4 Å². The van der Waals surface area contributed by atoms with Gasteiger partial charge in [-0.3, -0.25) is 29.3 Å². The number of thiazole rings is 1. The Morgan fingerprint density at radius 2 is 1.79 bits per heavy atom. The Bertz CT molecular complexity index is 1840. The number of anilines is 2. The maximum absolute atomic E-state index is 14.0. The van der Waals surface area contributed by atoms with Crippen molar-refractivity contribution < 1.29 is 29.2 Å². The molecule has 12 nitrogen and oxygen atoms in total. The number of hydrogen-bond acceptors (Lipinski definition) is 10. The molecule has 6 rings (SSSR count). The van der Waals surface area contributed by atoms with E-state index in [1.807, 2.05) is 0 Å². The highest BCUT2D eigenvalue weighted by atomic mass is 79.9. The Kier molecular flexibility index (Phi) is 7.54. The largest absolute Gasteiger partial charge is 0.508 e.